The summed E-state index contributed by atoms with van der Waals surface area (Å²) < 4.78 is 57.5. The molecule has 0 aromatic rings. The SMILES string of the molecule is O=S(=O)(O)C(F)(F)F.[Tb]. The largest absolute Gasteiger partial charge is 0.522 e. The molecule has 0 bridgehead atoms. The Morgan fingerprint density at radius 2 is 1.33 bits per heavy atom. The van der Waals surface area contributed by atoms with Crippen LogP contribution in [-0.4, -0.2) is 18.5 Å². The Balaban J connectivity index is 0. The summed E-state index contributed by atoms with van der Waals surface area (Å²) in [4.78, 5) is 0. The first-order valence-electron chi connectivity index (χ1n) is 1.29. The van der Waals surface area contributed by atoms with E-state index in [1.54, 1.807) is 0 Å². The third-order valence-electron chi connectivity index (χ3n) is 0.292. The van der Waals surface area contributed by atoms with Crippen LogP contribution in [0.3, 0.4) is 0 Å². The number of rotatable bonds is 0. The van der Waals surface area contributed by atoms with Crippen LogP contribution in [0.5, 0.6) is 0 Å². The monoisotopic (exact) mass is 309 g/mol. The summed E-state index contributed by atoms with van der Waals surface area (Å²) in [6.07, 6.45) is 0. The van der Waals surface area contributed by atoms with Gasteiger partial charge in [0.2, 0.25) is 0 Å². The van der Waals surface area contributed by atoms with Crippen molar-refractivity contribution < 1.29 is 64.8 Å². The molecule has 0 unspecified atom stereocenters. The van der Waals surface area contributed by atoms with Gasteiger partial charge in [-0.3, -0.25) is 4.55 Å². The van der Waals surface area contributed by atoms with Gasteiger partial charge >= 0.3 is 15.6 Å². The zero-order valence-electron chi connectivity index (χ0n) is 3.64. The zero-order valence-corrected chi connectivity index (χ0v) is 6.59. The zero-order chi connectivity index (χ0) is 7.00. The van der Waals surface area contributed by atoms with E-state index in [0.29, 0.717) is 0 Å². The van der Waals surface area contributed by atoms with Crippen molar-refractivity contribution in [2.24, 2.45) is 0 Å². The van der Waals surface area contributed by atoms with Gasteiger partial charge in [0.15, 0.2) is 0 Å². The van der Waals surface area contributed by atoms with Crippen LogP contribution in [0.2, 0.25) is 0 Å². The quantitative estimate of drug-likeness (QED) is 0.520. The Kier molecular flexibility index (Phi) is 4.77. The van der Waals surface area contributed by atoms with Gasteiger partial charge in [-0.2, -0.15) is 21.6 Å². The second-order valence-corrected chi connectivity index (χ2v) is 2.33. The molecule has 1 N–H and O–H groups in total. The van der Waals surface area contributed by atoms with Crippen LogP contribution in [0.25, 0.3) is 0 Å². The van der Waals surface area contributed by atoms with Crippen LogP contribution in [0, 0.1) is 38.6 Å². The molecule has 0 aliphatic carbocycles. The van der Waals surface area contributed by atoms with E-state index in [1.165, 1.54) is 0 Å². The molecule has 0 rings (SSSR count). The van der Waals surface area contributed by atoms with Crippen molar-refractivity contribution in [3.63, 3.8) is 0 Å². The summed E-state index contributed by atoms with van der Waals surface area (Å²) in [5.74, 6) is 0. The first-order valence-corrected chi connectivity index (χ1v) is 2.73. The van der Waals surface area contributed by atoms with Gasteiger partial charge in [0.05, 0.1) is 0 Å². The van der Waals surface area contributed by atoms with E-state index in [-0.39, 0.29) is 38.6 Å². The van der Waals surface area contributed by atoms with Gasteiger partial charge in [-0.15, -0.1) is 0 Å². The van der Waals surface area contributed by atoms with Gasteiger partial charge in [-0.05, 0) is 0 Å². The third-order valence-corrected chi connectivity index (χ3v) is 0.877. The fourth-order valence-corrected chi connectivity index (χ4v) is 0. The van der Waals surface area contributed by atoms with Crippen LogP contribution in [-0.2, 0) is 10.1 Å². The average Bonchev–Trinajstić information content (AvgIpc) is 1.25. The Bertz CT molecular complexity index is 168. The maximum atomic E-state index is 10.7. The molecule has 3 nitrogen and oxygen atoms in total. The Hall–Kier alpha value is 0.986. The van der Waals surface area contributed by atoms with E-state index < -0.39 is 15.6 Å². The van der Waals surface area contributed by atoms with Crippen LogP contribution in [0.15, 0.2) is 0 Å². The number of hydrogen-bond donors (Lipinski definition) is 1. The molecule has 0 atom stereocenters. The van der Waals surface area contributed by atoms with Crippen LogP contribution in [0.4, 0.5) is 13.2 Å². The molecule has 8 heteroatoms. The normalized spacial score (nSPS) is 12.4. The van der Waals surface area contributed by atoms with Crippen LogP contribution >= 0.6 is 0 Å². The summed E-state index contributed by atoms with van der Waals surface area (Å²) in [6, 6.07) is 0. The molecule has 0 fully saturated rings. The maximum absolute atomic E-state index is 10.7. The fourth-order valence-electron chi connectivity index (χ4n) is 0. The van der Waals surface area contributed by atoms with E-state index in [2.05, 4.69) is 0 Å². The van der Waals surface area contributed by atoms with Crippen molar-refractivity contribution in [2.75, 3.05) is 0 Å². The van der Waals surface area contributed by atoms with Gasteiger partial charge in [0.25, 0.3) is 0 Å². The first kappa shape index (κ1) is 12.6. The summed E-state index contributed by atoms with van der Waals surface area (Å²) >= 11 is 0. The average molecular weight is 309 g/mol. The van der Waals surface area contributed by atoms with E-state index in [4.69, 9.17) is 13.0 Å². The van der Waals surface area contributed by atoms with E-state index in [0.717, 1.165) is 0 Å². The van der Waals surface area contributed by atoms with E-state index in [1.807, 2.05) is 0 Å². The van der Waals surface area contributed by atoms with Gasteiger partial charge in [-0.1, -0.05) is 0 Å². The van der Waals surface area contributed by atoms with Gasteiger partial charge in [0, 0.05) is 38.6 Å². The molecule has 0 aromatic heterocycles. The molecule has 0 spiro atoms. The second-order valence-electron chi connectivity index (χ2n) is 0.921. The first-order chi connectivity index (χ1) is 3.25. The van der Waals surface area contributed by atoms with Crippen molar-refractivity contribution in [1.29, 1.82) is 0 Å². The summed E-state index contributed by atoms with van der Waals surface area (Å²) in [6.45, 7) is 0. The number of halogens is 3. The van der Waals surface area contributed by atoms with Crippen molar-refractivity contribution in [3.8, 4) is 0 Å². The smallest absolute Gasteiger partial charge is 0.279 e. The molecule has 0 heterocycles. The van der Waals surface area contributed by atoms with Crippen molar-refractivity contribution in [3.05, 3.63) is 0 Å². The van der Waals surface area contributed by atoms with Gasteiger partial charge < -0.3 is 0 Å². The predicted molar refractivity (Wildman–Crippen MR) is 17.6 cm³/mol. The Labute approximate surface area is 79.8 Å². The summed E-state index contributed by atoms with van der Waals surface area (Å²) in [5, 5.41) is 0. The van der Waals surface area contributed by atoms with E-state index in [9.17, 15) is 13.2 Å². The number of alkyl halides is 3. The topological polar surface area (TPSA) is 54.4 Å². The second kappa shape index (κ2) is 3.40. The molecule has 0 saturated carbocycles. The molecule has 1 radical (unpaired) electrons. The molecule has 0 amide bonds. The Morgan fingerprint density at radius 3 is 1.33 bits per heavy atom. The van der Waals surface area contributed by atoms with Gasteiger partial charge in [0.1, 0.15) is 0 Å². The predicted octanol–water partition coefficient (Wildman–Crippen LogP) is 0.394. The minimum atomic E-state index is -5.84. The summed E-state index contributed by atoms with van der Waals surface area (Å²) in [7, 11) is -5.84. The fraction of sp³-hybridized carbons (Fsp3) is 1.00. The van der Waals surface area contributed by atoms with Gasteiger partial charge in [-0.25, -0.2) is 0 Å². The Morgan fingerprint density at radius 1 is 1.22 bits per heavy atom. The maximum Gasteiger partial charge on any atom is 0.522 e. The third kappa shape index (κ3) is 4.40. The standard InChI is InChI=1S/CHF3O3S.Tb/c2-1(3,4)8(5,6)7;/h(H,5,6,7);. The van der Waals surface area contributed by atoms with Crippen molar-refractivity contribution in [2.45, 2.75) is 5.51 Å². The molecule has 0 aliphatic heterocycles. The van der Waals surface area contributed by atoms with Crippen LogP contribution in [0.1, 0.15) is 0 Å². The van der Waals surface area contributed by atoms with Crippen LogP contribution < -0.4 is 0 Å². The minimum Gasteiger partial charge on any atom is -0.279 e. The summed E-state index contributed by atoms with van der Waals surface area (Å²) in [5.41, 5.74) is -5.53. The molecule has 0 aliphatic rings. The minimum absolute atomic E-state index is 0. The molecule has 0 aromatic carbocycles. The molecule has 59 valence electrons. The van der Waals surface area contributed by atoms with Crippen molar-refractivity contribution in [1.82, 2.24) is 0 Å². The number of hydrogen-bond acceptors (Lipinski definition) is 2. The molecular formula is CHF3O3STb. The molecular weight excluding hydrogens is 308 g/mol. The molecule has 0 saturated heterocycles. The molecule has 9 heavy (non-hydrogen) atoms. The van der Waals surface area contributed by atoms with E-state index >= 15 is 0 Å². The van der Waals surface area contributed by atoms with Crippen molar-refractivity contribution >= 4 is 10.1 Å².